The Bertz CT molecular complexity index is 1140. The van der Waals surface area contributed by atoms with Crippen molar-refractivity contribution in [2.45, 2.75) is 65.6 Å². The van der Waals surface area contributed by atoms with Gasteiger partial charge in [-0.3, -0.25) is 13.9 Å². The Labute approximate surface area is 214 Å². The lowest BCUT2D eigenvalue weighted by Gasteiger charge is -2.32. The Morgan fingerprint density at radius 1 is 1.03 bits per heavy atom. The van der Waals surface area contributed by atoms with Crippen molar-refractivity contribution in [3.8, 4) is 0 Å². The number of nitrogens with zero attached hydrogens (tertiary/aromatic N) is 2. The summed E-state index contributed by atoms with van der Waals surface area (Å²) in [6.07, 6.45) is 1.83. The number of para-hydroxylation sites is 1. The van der Waals surface area contributed by atoms with Crippen LogP contribution in [0.3, 0.4) is 0 Å². The summed E-state index contributed by atoms with van der Waals surface area (Å²) in [7, 11) is -3.79. The van der Waals surface area contributed by atoms with E-state index in [4.69, 9.17) is 11.6 Å². The fourth-order valence-electron chi connectivity index (χ4n) is 3.68. The molecule has 0 heterocycles. The molecule has 2 aromatic rings. The number of amides is 2. The van der Waals surface area contributed by atoms with E-state index in [1.807, 2.05) is 45.9 Å². The summed E-state index contributed by atoms with van der Waals surface area (Å²) in [5.74, 6) is -0.739. The maximum Gasteiger partial charge on any atom is 0.244 e. The number of rotatable bonds is 11. The maximum absolute atomic E-state index is 13.7. The van der Waals surface area contributed by atoms with Crippen LogP contribution in [0.25, 0.3) is 0 Å². The van der Waals surface area contributed by atoms with Gasteiger partial charge in [0.1, 0.15) is 12.6 Å². The third-order valence-corrected chi connectivity index (χ3v) is 7.28. The van der Waals surface area contributed by atoms with Crippen LogP contribution in [0.4, 0.5) is 5.69 Å². The van der Waals surface area contributed by atoms with E-state index in [2.05, 4.69) is 5.32 Å². The van der Waals surface area contributed by atoms with Gasteiger partial charge in [-0.25, -0.2) is 8.42 Å². The number of benzene rings is 2. The van der Waals surface area contributed by atoms with E-state index < -0.39 is 28.5 Å². The zero-order chi connectivity index (χ0) is 26.3. The highest BCUT2D eigenvalue weighted by Crippen LogP contribution is 2.29. The number of halogens is 1. The molecule has 0 saturated heterocycles. The molecule has 0 fully saturated rings. The second-order valence-electron chi connectivity index (χ2n) is 9.13. The molecule has 0 aliphatic carbocycles. The van der Waals surface area contributed by atoms with E-state index in [0.29, 0.717) is 10.7 Å². The zero-order valence-corrected chi connectivity index (χ0v) is 22.9. The van der Waals surface area contributed by atoms with Crippen LogP contribution < -0.4 is 9.62 Å². The summed E-state index contributed by atoms with van der Waals surface area (Å²) in [4.78, 5) is 28.0. The Kier molecular flexibility index (Phi) is 10.2. The van der Waals surface area contributed by atoms with Crippen LogP contribution in [0.15, 0.2) is 48.5 Å². The Morgan fingerprint density at radius 3 is 2.26 bits per heavy atom. The molecule has 2 amide bonds. The van der Waals surface area contributed by atoms with Gasteiger partial charge in [0, 0.05) is 17.6 Å². The number of sulfonamides is 1. The molecule has 7 nitrogen and oxygen atoms in total. The molecule has 0 saturated carbocycles. The number of carbonyl (C=O) groups excluding carboxylic acids is 2. The van der Waals surface area contributed by atoms with Crippen molar-refractivity contribution in [1.82, 2.24) is 10.2 Å². The number of carbonyl (C=O) groups is 2. The number of hydrogen-bond acceptors (Lipinski definition) is 4. The van der Waals surface area contributed by atoms with Crippen LogP contribution in [-0.4, -0.2) is 50.0 Å². The van der Waals surface area contributed by atoms with Crippen molar-refractivity contribution in [2.24, 2.45) is 0 Å². The lowest BCUT2D eigenvalue weighted by molar-refractivity contribution is -0.139. The van der Waals surface area contributed by atoms with E-state index in [1.54, 1.807) is 37.3 Å². The van der Waals surface area contributed by atoms with Gasteiger partial charge in [0.25, 0.3) is 0 Å². The quantitative estimate of drug-likeness (QED) is 0.469. The summed E-state index contributed by atoms with van der Waals surface area (Å²) in [5.41, 5.74) is 2.01. The molecule has 2 atom stereocenters. The van der Waals surface area contributed by atoms with Gasteiger partial charge in [-0.15, -0.1) is 0 Å². The lowest BCUT2D eigenvalue weighted by atomic mass is 10.0. The molecule has 35 heavy (non-hydrogen) atoms. The maximum atomic E-state index is 13.7. The van der Waals surface area contributed by atoms with Crippen LogP contribution in [0.5, 0.6) is 0 Å². The van der Waals surface area contributed by atoms with Crippen LogP contribution in [0.1, 0.15) is 58.1 Å². The Hall–Kier alpha value is -2.58. The van der Waals surface area contributed by atoms with E-state index in [9.17, 15) is 18.0 Å². The monoisotopic (exact) mass is 521 g/mol. The van der Waals surface area contributed by atoms with Gasteiger partial charge in [-0.2, -0.15) is 0 Å². The van der Waals surface area contributed by atoms with Crippen LogP contribution in [-0.2, 0) is 26.2 Å². The molecule has 1 N–H and O–H groups in total. The lowest BCUT2D eigenvalue weighted by Crippen LogP contribution is -2.52. The predicted molar refractivity (Wildman–Crippen MR) is 142 cm³/mol. The average molecular weight is 522 g/mol. The van der Waals surface area contributed by atoms with Gasteiger partial charge in [0.2, 0.25) is 21.8 Å². The molecule has 0 bridgehead atoms. The molecular weight excluding hydrogens is 486 g/mol. The molecule has 192 valence electrons. The normalized spacial score (nSPS) is 13.3. The fraction of sp³-hybridized carbons (Fsp3) is 0.462. The summed E-state index contributed by atoms with van der Waals surface area (Å²) in [5, 5.41) is 3.42. The van der Waals surface area contributed by atoms with E-state index in [-0.39, 0.29) is 24.4 Å². The van der Waals surface area contributed by atoms with E-state index in [1.165, 1.54) is 4.90 Å². The van der Waals surface area contributed by atoms with Crippen molar-refractivity contribution in [3.63, 3.8) is 0 Å². The van der Waals surface area contributed by atoms with Crippen molar-refractivity contribution >= 4 is 39.1 Å². The number of anilines is 1. The highest BCUT2D eigenvalue weighted by Gasteiger charge is 2.31. The van der Waals surface area contributed by atoms with Gasteiger partial charge in [-0.05, 0) is 55.5 Å². The molecule has 0 aromatic heterocycles. The topological polar surface area (TPSA) is 86.8 Å². The summed E-state index contributed by atoms with van der Waals surface area (Å²) in [6.45, 7) is 9.11. The first-order valence-corrected chi connectivity index (χ1v) is 14.0. The average Bonchev–Trinajstić information content (AvgIpc) is 2.79. The van der Waals surface area contributed by atoms with Gasteiger partial charge >= 0.3 is 0 Å². The molecule has 9 heteroatoms. The first-order chi connectivity index (χ1) is 16.3. The van der Waals surface area contributed by atoms with E-state index in [0.717, 1.165) is 28.1 Å². The van der Waals surface area contributed by atoms with Crippen LogP contribution in [0, 0.1) is 0 Å². The molecular formula is C26H36ClN3O4S. The van der Waals surface area contributed by atoms with Gasteiger partial charge in [0.15, 0.2) is 0 Å². The van der Waals surface area contributed by atoms with Crippen molar-refractivity contribution in [1.29, 1.82) is 0 Å². The minimum Gasteiger partial charge on any atom is -0.352 e. The summed E-state index contributed by atoms with van der Waals surface area (Å²) >= 11 is 6.14. The Balaban J connectivity index is 2.45. The highest BCUT2D eigenvalue weighted by atomic mass is 35.5. The third-order valence-electron chi connectivity index (χ3n) is 5.92. The number of hydrogen-bond donors (Lipinski definition) is 1. The highest BCUT2D eigenvalue weighted by molar-refractivity contribution is 7.92. The first kappa shape index (κ1) is 28.7. The minimum absolute atomic E-state index is 0.0494. The van der Waals surface area contributed by atoms with Crippen molar-refractivity contribution in [2.75, 3.05) is 17.1 Å². The molecule has 0 aliphatic rings. The molecule has 2 unspecified atom stereocenters. The predicted octanol–water partition coefficient (Wildman–Crippen LogP) is 4.56. The second-order valence-corrected chi connectivity index (χ2v) is 11.5. The number of nitrogens with one attached hydrogen (secondary N) is 1. The van der Waals surface area contributed by atoms with Crippen LogP contribution >= 0.6 is 11.6 Å². The van der Waals surface area contributed by atoms with Gasteiger partial charge in [0.05, 0.1) is 11.9 Å². The van der Waals surface area contributed by atoms with Gasteiger partial charge < -0.3 is 10.2 Å². The molecule has 0 radical (unpaired) electrons. The third kappa shape index (κ3) is 7.97. The van der Waals surface area contributed by atoms with Crippen molar-refractivity contribution < 1.29 is 18.0 Å². The molecule has 2 aromatic carbocycles. The standard InChI is InChI=1S/C26H36ClN3O4S/c1-7-19(4)28-26(32)20(5)29(16-21-11-10-12-22(27)15-21)25(31)17-30(35(6,33)34)24-14-9-8-13-23(24)18(2)3/h8-15,18-20H,7,16-17H2,1-6H3,(H,28,32). The second kappa shape index (κ2) is 12.4. The van der Waals surface area contributed by atoms with E-state index >= 15 is 0 Å². The van der Waals surface area contributed by atoms with Gasteiger partial charge in [-0.1, -0.05) is 62.7 Å². The zero-order valence-electron chi connectivity index (χ0n) is 21.3. The SMILES string of the molecule is CCC(C)NC(=O)C(C)N(Cc1cccc(Cl)c1)C(=O)CN(c1ccccc1C(C)C)S(C)(=O)=O. The molecule has 0 aliphatic heterocycles. The molecule has 2 rings (SSSR count). The minimum atomic E-state index is -3.79. The summed E-state index contributed by atoms with van der Waals surface area (Å²) < 4.78 is 26.7. The largest absolute Gasteiger partial charge is 0.352 e. The summed E-state index contributed by atoms with van der Waals surface area (Å²) in [6, 6.07) is 13.3. The first-order valence-electron chi connectivity index (χ1n) is 11.8. The Morgan fingerprint density at radius 2 is 1.69 bits per heavy atom. The van der Waals surface area contributed by atoms with Crippen LogP contribution in [0.2, 0.25) is 5.02 Å². The smallest absolute Gasteiger partial charge is 0.244 e. The van der Waals surface area contributed by atoms with Crippen molar-refractivity contribution in [3.05, 3.63) is 64.7 Å². The molecule has 0 spiro atoms. The fourth-order valence-corrected chi connectivity index (χ4v) is 4.76.